The predicted octanol–water partition coefficient (Wildman–Crippen LogP) is 4.02. The maximum absolute atomic E-state index is 5.75. The molecule has 21 heavy (non-hydrogen) atoms. The predicted molar refractivity (Wildman–Crippen MR) is 86.0 cm³/mol. The normalized spacial score (nSPS) is 16.3. The number of nitrogens with zero attached hydrogens (tertiary/aromatic N) is 1. The number of nitrogen functional groups attached to an aromatic ring is 1. The summed E-state index contributed by atoms with van der Waals surface area (Å²) in [4.78, 5) is 2.56. The van der Waals surface area contributed by atoms with Crippen molar-refractivity contribution in [3.05, 3.63) is 54.0 Å². The minimum atomic E-state index is 0.559. The average Bonchev–Trinajstić information content (AvgIpc) is 3.21. The Kier molecular flexibility index (Phi) is 4.30. The molecule has 0 amide bonds. The second-order valence-electron chi connectivity index (χ2n) is 6.14. The van der Waals surface area contributed by atoms with E-state index >= 15 is 0 Å². The molecule has 1 heterocycles. The molecule has 1 atom stereocenters. The van der Waals surface area contributed by atoms with E-state index in [-0.39, 0.29) is 0 Å². The molecule has 0 bridgehead atoms. The molecule has 1 fully saturated rings. The van der Waals surface area contributed by atoms with Crippen molar-refractivity contribution in [3.8, 4) is 0 Å². The molecule has 3 rings (SSSR count). The van der Waals surface area contributed by atoms with Gasteiger partial charge in [0.2, 0.25) is 0 Å². The van der Waals surface area contributed by atoms with Gasteiger partial charge in [0.1, 0.15) is 5.76 Å². The lowest BCUT2D eigenvalue weighted by molar-refractivity contribution is 0.226. The third-order valence-corrected chi connectivity index (χ3v) is 4.36. The standard InChI is InChI=1S/C18H24N2O/c1-14(15-4-6-16(19)7-5-15)10-11-20(17-8-9-17)13-18-3-2-12-21-18/h2-7,12,14,17H,8-11,13,19H2,1H3. The van der Waals surface area contributed by atoms with Crippen molar-refractivity contribution in [1.29, 1.82) is 0 Å². The van der Waals surface area contributed by atoms with E-state index in [1.54, 1.807) is 6.26 Å². The Morgan fingerprint density at radius 3 is 2.62 bits per heavy atom. The molecule has 1 aliphatic carbocycles. The number of rotatable bonds is 7. The maximum atomic E-state index is 5.75. The number of anilines is 1. The molecule has 1 aromatic carbocycles. The van der Waals surface area contributed by atoms with Gasteiger partial charge < -0.3 is 10.2 Å². The zero-order chi connectivity index (χ0) is 14.7. The molecular formula is C18H24N2O. The van der Waals surface area contributed by atoms with Crippen molar-refractivity contribution < 1.29 is 4.42 Å². The molecular weight excluding hydrogens is 260 g/mol. The third kappa shape index (κ3) is 3.88. The highest BCUT2D eigenvalue weighted by Crippen LogP contribution is 2.30. The lowest BCUT2D eigenvalue weighted by Gasteiger charge is -2.23. The van der Waals surface area contributed by atoms with Crippen LogP contribution in [-0.4, -0.2) is 17.5 Å². The van der Waals surface area contributed by atoms with Gasteiger partial charge in [0.25, 0.3) is 0 Å². The number of hydrogen-bond acceptors (Lipinski definition) is 3. The summed E-state index contributed by atoms with van der Waals surface area (Å²) in [5.74, 6) is 1.63. The fourth-order valence-electron chi connectivity index (χ4n) is 2.78. The van der Waals surface area contributed by atoms with Gasteiger partial charge in [-0.05, 0) is 61.6 Å². The van der Waals surface area contributed by atoms with Gasteiger partial charge in [0.05, 0.1) is 12.8 Å². The van der Waals surface area contributed by atoms with Gasteiger partial charge in [0.15, 0.2) is 0 Å². The molecule has 3 nitrogen and oxygen atoms in total. The number of hydrogen-bond donors (Lipinski definition) is 1. The summed E-state index contributed by atoms with van der Waals surface area (Å²) in [6, 6.07) is 13.1. The van der Waals surface area contributed by atoms with Gasteiger partial charge in [-0.15, -0.1) is 0 Å². The molecule has 0 spiro atoms. The second kappa shape index (κ2) is 6.35. The first-order valence-corrected chi connectivity index (χ1v) is 7.84. The minimum absolute atomic E-state index is 0.559. The number of nitrogens with two attached hydrogens (primary N) is 1. The van der Waals surface area contributed by atoms with Crippen molar-refractivity contribution in [1.82, 2.24) is 4.90 Å². The van der Waals surface area contributed by atoms with Crippen LogP contribution in [-0.2, 0) is 6.54 Å². The lowest BCUT2D eigenvalue weighted by Crippen LogP contribution is -2.27. The molecule has 1 saturated carbocycles. The molecule has 2 N–H and O–H groups in total. The summed E-state index contributed by atoms with van der Waals surface area (Å²) in [7, 11) is 0. The third-order valence-electron chi connectivity index (χ3n) is 4.36. The Balaban J connectivity index is 1.55. The summed E-state index contributed by atoms with van der Waals surface area (Å²) < 4.78 is 5.49. The summed E-state index contributed by atoms with van der Waals surface area (Å²) >= 11 is 0. The Hall–Kier alpha value is -1.74. The highest BCUT2D eigenvalue weighted by molar-refractivity contribution is 5.40. The Morgan fingerprint density at radius 1 is 1.24 bits per heavy atom. The van der Waals surface area contributed by atoms with E-state index in [4.69, 9.17) is 10.2 Å². The van der Waals surface area contributed by atoms with Crippen LogP contribution in [0.3, 0.4) is 0 Å². The van der Waals surface area contributed by atoms with E-state index in [2.05, 4.69) is 30.0 Å². The van der Waals surface area contributed by atoms with Crippen LogP contribution in [0.15, 0.2) is 47.1 Å². The highest BCUT2D eigenvalue weighted by Gasteiger charge is 2.29. The van der Waals surface area contributed by atoms with Gasteiger partial charge in [0, 0.05) is 11.7 Å². The molecule has 112 valence electrons. The van der Waals surface area contributed by atoms with E-state index in [1.807, 2.05) is 18.2 Å². The van der Waals surface area contributed by atoms with Gasteiger partial charge in [-0.25, -0.2) is 0 Å². The van der Waals surface area contributed by atoms with Crippen LogP contribution in [0.4, 0.5) is 5.69 Å². The lowest BCUT2D eigenvalue weighted by atomic mass is 9.97. The second-order valence-corrected chi connectivity index (χ2v) is 6.14. The SMILES string of the molecule is CC(CCN(Cc1ccco1)C1CC1)c1ccc(N)cc1. The van der Waals surface area contributed by atoms with Crippen LogP contribution in [0.1, 0.15) is 43.4 Å². The van der Waals surface area contributed by atoms with E-state index in [0.717, 1.165) is 30.6 Å². The molecule has 2 aromatic rings. The quantitative estimate of drug-likeness (QED) is 0.781. The topological polar surface area (TPSA) is 42.4 Å². The number of furan rings is 1. The van der Waals surface area contributed by atoms with E-state index in [9.17, 15) is 0 Å². The fraction of sp³-hybridized carbons (Fsp3) is 0.444. The summed E-state index contributed by atoms with van der Waals surface area (Å²) in [5, 5.41) is 0. The zero-order valence-electron chi connectivity index (χ0n) is 12.7. The maximum Gasteiger partial charge on any atom is 0.117 e. The largest absolute Gasteiger partial charge is 0.468 e. The molecule has 1 aliphatic rings. The van der Waals surface area contributed by atoms with Crippen LogP contribution in [0, 0.1) is 0 Å². The summed E-state index contributed by atoms with van der Waals surface area (Å²) in [5.41, 5.74) is 7.96. The zero-order valence-corrected chi connectivity index (χ0v) is 12.7. The van der Waals surface area contributed by atoms with Crippen LogP contribution >= 0.6 is 0 Å². The molecule has 1 unspecified atom stereocenters. The fourth-order valence-corrected chi connectivity index (χ4v) is 2.78. The molecule has 0 aliphatic heterocycles. The molecule has 1 aromatic heterocycles. The van der Waals surface area contributed by atoms with Gasteiger partial charge >= 0.3 is 0 Å². The Morgan fingerprint density at radius 2 is 2.00 bits per heavy atom. The first-order valence-electron chi connectivity index (χ1n) is 7.84. The van der Waals surface area contributed by atoms with Crippen LogP contribution < -0.4 is 5.73 Å². The van der Waals surface area contributed by atoms with Crippen molar-refractivity contribution >= 4 is 5.69 Å². The first-order chi connectivity index (χ1) is 10.2. The van der Waals surface area contributed by atoms with E-state index < -0.39 is 0 Å². The summed E-state index contributed by atoms with van der Waals surface area (Å²) in [6.45, 7) is 4.35. The van der Waals surface area contributed by atoms with Gasteiger partial charge in [-0.1, -0.05) is 19.1 Å². The van der Waals surface area contributed by atoms with E-state index in [0.29, 0.717) is 5.92 Å². The van der Waals surface area contributed by atoms with Crippen molar-refractivity contribution in [2.45, 2.75) is 44.7 Å². The van der Waals surface area contributed by atoms with Crippen LogP contribution in [0.25, 0.3) is 0 Å². The molecule has 0 saturated heterocycles. The average molecular weight is 284 g/mol. The summed E-state index contributed by atoms with van der Waals surface area (Å²) in [6.07, 6.45) is 5.59. The van der Waals surface area contributed by atoms with Crippen molar-refractivity contribution in [2.75, 3.05) is 12.3 Å². The molecule has 3 heteroatoms. The Labute approximate surface area is 126 Å². The minimum Gasteiger partial charge on any atom is -0.468 e. The molecule has 0 radical (unpaired) electrons. The smallest absolute Gasteiger partial charge is 0.117 e. The van der Waals surface area contributed by atoms with E-state index in [1.165, 1.54) is 24.8 Å². The monoisotopic (exact) mass is 284 g/mol. The number of benzene rings is 1. The Bertz CT molecular complexity index is 543. The van der Waals surface area contributed by atoms with Crippen molar-refractivity contribution in [2.24, 2.45) is 0 Å². The van der Waals surface area contributed by atoms with Crippen LogP contribution in [0.5, 0.6) is 0 Å². The van der Waals surface area contributed by atoms with Crippen LogP contribution in [0.2, 0.25) is 0 Å². The highest BCUT2D eigenvalue weighted by atomic mass is 16.3. The van der Waals surface area contributed by atoms with Gasteiger partial charge in [-0.2, -0.15) is 0 Å². The van der Waals surface area contributed by atoms with Gasteiger partial charge in [-0.3, -0.25) is 4.90 Å². The first kappa shape index (κ1) is 14.2. The van der Waals surface area contributed by atoms with Crippen molar-refractivity contribution in [3.63, 3.8) is 0 Å².